The quantitative estimate of drug-likeness (QED) is 0.783. The van der Waals surface area contributed by atoms with Crippen LogP contribution in [0.3, 0.4) is 0 Å². The lowest BCUT2D eigenvalue weighted by Crippen LogP contribution is -2.30. The van der Waals surface area contributed by atoms with Crippen LogP contribution in [-0.4, -0.2) is 42.4 Å². The van der Waals surface area contributed by atoms with Crippen LogP contribution in [0.1, 0.15) is 30.1 Å². The van der Waals surface area contributed by atoms with Gasteiger partial charge in [0.05, 0.1) is 0 Å². The summed E-state index contributed by atoms with van der Waals surface area (Å²) in [7, 11) is 2.07. The molecule has 1 atom stereocenters. The molecule has 0 saturated heterocycles. The Labute approximate surface area is 153 Å². The fourth-order valence-electron chi connectivity index (χ4n) is 3.45. The zero-order valence-electron chi connectivity index (χ0n) is 15.2. The van der Waals surface area contributed by atoms with Gasteiger partial charge in [-0.1, -0.05) is 6.92 Å². The number of nitrogens with zero attached hydrogens (tertiary/aromatic N) is 2. The molecule has 1 aromatic carbocycles. The van der Waals surface area contributed by atoms with Gasteiger partial charge in [0.25, 0.3) is 5.91 Å². The second kappa shape index (κ2) is 7.96. The molecule has 1 aliphatic heterocycles. The topological polar surface area (TPSA) is 23.6 Å². The zero-order valence-corrected chi connectivity index (χ0v) is 15.2. The summed E-state index contributed by atoms with van der Waals surface area (Å²) in [5.74, 6) is -0.618. The monoisotopic (exact) mass is 358 g/mol. The minimum atomic E-state index is -0.371. The van der Waals surface area contributed by atoms with E-state index >= 15 is 0 Å². The van der Waals surface area contributed by atoms with Crippen LogP contribution in [0.2, 0.25) is 0 Å². The van der Waals surface area contributed by atoms with Crippen molar-refractivity contribution in [1.29, 1.82) is 0 Å². The molecule has 5 heteroatoms. The first-order valence-corrected chi connectivity index (χ1v) is 9.02. The molecular formula is C21H24F2N2O. The number of hydrogen-bond acceptors (Lipinski definition) is 2. The van der Waals surface area contributed by atoms with Crippen molar-refractivity contribution in [1.82, 2.24) is 9.80 Å². The highest BCUT2D eigenvalue weighted by molar-refractivity contribution is 5.96. The maximum atomic E-state index is 13.7. The molecular weight excluding hydrogens is 334 g/mol. The lowest BCUT2D eigenvalue weighted by molar-refractivity contribution is 0.0812. The normalized spacial score (nSPS) is 19.7. The third-order valence-electron chi connectivity index (χ3n) is 5.17. The molecule has 0 spiro atoms. The van der Waals surface area contributed by atoms with Crippen molar-refractivity contribution in [3.05, 3.63) is 71.0 Å². The molecule has 0 saturated carbocycles. The first-order valence-electron chi connectivity index (χ1n) is 9.02. The van der Waals surface area contributed by atoms with Gasteiger partial charge in [-0.3, -0.25) is 4.79 Å². The van der Waals surface area contributed by atoms with Crippen LogP contribution in [0, 0.1) is 11.7 Å². The number of amides is 1. The van der Waals surface area contributed by atoms with E-state index in [1.165, 1.54) is 30.3 Å². The third-order valence-corrected chi connectivity index (χ3v) is 5.17. The number of rotatable bonds is 5. The summed E-state index contributed by atoms with van der Waals surface area (Å²) in [5.41, 5.74) is 2.33. The molecule has 0 bridgehead atoms. The van der Waals surface area contributed by atoms with Crippen LogP contribution in [0.25, 0.3) is 0 Å². The highest BCUT2D eigenvalue weighted by Crippen LogP contribution is 2.37. The van der Waals surface area contributed by atoms with Gasteiger partial charge in [0.15, 0.2) is 0 Å². The first kappa shape index (κ1) is 18.5. The Morgan fingerprint density at radius 3 is 2.65 bits per heavy atom. The van der Waals surface area contributed by atoms with Crippen molar-refractivity contribution < 1.29 is 13.6 Å². The van der Waals surface area contributed by atoms with Crippen molar-refractivity contribution in [2.24, 2.45) is 5.92 Å². The summed E-state index contributed by atoms with van der Waals surface area (Å²) < 4.78 is 26.9. The molecule has 1 unspecified atom stereocenters. The Balaban J connectivity index is 1.86. The summed E-state index contributed by atoms with van der Waals surface area (Å²) in [6.45, 7) is 4.58. The minimum absolute atomic E-state index is 0.171. The van der Waals surface area contributed by atoms with Crippen LogP contribution in [0.4, 0.5) is 8.78 Å². The van der Waals surface area contributed by atoms with E-state index in [1.54, 1.807) is 17.1 Å². The van der Waals surface area contributed by atoms with E-state index < -0.39 is 0 Å². The lowest BCUT2D eigenvalue weighted by Gasteiger charge is -2.21. The van der Waals surface area contributed by atoms with E-state index in [-0.39, 0.29) is 23.5 Å². The molecule has 1 aromatic rings. The number of halogens is 2. The Kier molecular flexibility index (Phi) is 5.67. The van der Waals surface area contributed by atoms with E-state index in [4.69, 9.17) is 0 Å². The SMILES string of the molecule is CCN(C)CCC1CN(C(=O)c2ccc(F)cc2)C2=C1CC=C(F)C=C2. The molecule has 26 heavy (non-hydrogen) atoms. The number of benzene rings is 1. The van der Waals surface area contributed by atoms with E-state index in [1.807, 2.05) is 0 Å². The van der Waals surface area contributed by atoms with Gasteiger partial charge in [0, 0.05) is 23.7 Å². The van der Waals surface area contributed by atoms with Crippen molar-refractivity contribution in [2.45, 2.75) is 19.8 Å². The van der Waals surface area contributed by atoms with Crippen LogP contribution in [-0.2, 0) is 0 Å². The number of allylic oxidation sites excluding steroid dienone is 4. The number of carbonyl (C=O) groups excluding carboxylic acids is 1. The highest BCUT2D eigenvalue weighted by atomic mass is 19.1. The van der Waals surface area contributed by atoms with Gasteiger partial charge in [-0.2, -0.15) is 0 Å². The maximum Gasteiger partial charge on any atom is 0.258 e. The predicted molar refractivity (Wildman–Crippen MR) is 98.7 cm³/mol. The van der Waals surface area contributed by atoms with Gasteiger partial charge in [0.2, 0.25) is 0 Å². The van der Waals surface area contributed by atoms with Gasteiger partial charge in [-0.25, -0.2) is 8.78 Å². The molecule has 3 nitrogen and oxygen atoms in total. The van der Waals surface area contributed by atoms with Crippen molar-refractivity contribution in [3.8, 4) is 0 Å². The van der Waals surface area contributed by atoms with Crippen LogP contribution in [0.15, 0.2) is 59.6 Å². The molecule has 3 rings (SSSR count). The van der Waals surface area contributed by atoms with Gasteiger partial charge < -0.3 is 9.80 Å². The fraction of sp³-hybridized carbons (Fsp3) is 0.381. The summed E-state index contributed by atoms with van der Waals surface area (Å²) in [4.78, 5) is 16.9. The molecule has 2 aliphatic rings. The molecule has 0 aromatic heterocycles. The second-order valence-electron chi connectivity index (χ2n) is 6.84. The molecule has 0 N–H and O–H groups in total. The van der Waals surface area contributed by atoms with Gasteiger partial charge in [0.1, 0.15) is 11.6 Å². The molecule has 1 amide bonds. The highest BCUT2D eigenvalue weighted by Gasteiger charge is 2.34. The van der Waals surface area contributed by atoms with Gasteiger partial charge >= 0.3 is 0 Å². The van der Waals surface area contributed by atoms with Crippen LogP contribution >= 0.6 is 0 Å². The van der Waals surface area contributed by atoms with E-state index in [9.17, 15) is 13.6 Å². The Morgan fingerprint density at radius 2 is 1.96 bits per heavy atom. The summed E-state index contributed by atoms with van der Waals surface area (Å²) in [6.07, 6.45) is 6.11. The smallest absolute Gasteiger partial charge is 0.258 e. The molecule has 0 fully saturated rings. The Bertz CT molecular complexity index is 765. The first-order chi connectivity index (χ1) is 12.5. The van der Waals surface area contributed by atoms with Gasteiger partial charge in [-0.15, -0.1) is 0 Å². The predicted octanol–water partition coefficient (Wildman–Crippen LogP) is 4.31. The Morgan fingerprint density at radius 1 is 1.23 bits per heavy atom. The van der Waals surface area contributed by atoms with E-state index in [0.29, 0.717) is 18.5 Å². The maximum absolute atomic E-state index is 13.7. The fourth-order valence-corrected chi connectivity index (χ4v) is 3.45. The van der Waals surface area contributed by atoms with E-state index in [2.05, 4.69) is 18.9 Å². The van der Waals surface area contributed by atoms with Crippen LogP contribution in [0.5, 0.6) is 0 Å². The summed E-state index contributed by atoms with van der Waals surface area (Å²) >= 11 is 0. The molecule has 1 heterocycles. The Hall–Kier alpha value is -2.27. The minimum Gasteiger partial charge on any atom is -0.308 e. The largest absolute Gasteiger partial charge is 0.308 e. The average molecular weight is 358 g/mol. The summed E-state index contributed by atoms with van der Waals surface area (Å²) in [6, 6.07) is 5.57. The van der Waals surface area contributed by atoms with E-state index in [0.717, 1.165) is 30.8 Å². The van der Waals surface area contributed by atoms with Crippen molar-refractivity contribution >= 4 is 5.91 Å². The zero-order chi connectivity index (χ0) is 18.7. The van der Waals surface area contributed by atoms with Gasteiger partial charge in [-0.05, 0) is 81.0 Å². The molecule has 1 aliphatic carbocycles. The standard InChI is InChI=1S/C21H24F2N2O/c1-3-24(2)13-12-16-14-25(20-11-9-18(23)8-10-19(16)20)21(26)15-4-6-17(22)7-5-15/h4-9,11,16H,3,10,12-14H2,1-2H3. The number of carbonyl (C=O) groups is 1. The second-order valence-corrected chi connectivity index (χ2v) is 6.84. The average Bonchev–Trinajstić information content (AvgIpc) is 2.88. The van der Waals surface area contributed by atoms with Crippen molar-refractivity contribution in [3.63, 3.8) is 0 Å². The number of hydrogen-bond donors (Lipinski definition) is 0. The molecule has 0 radical (unpaired) electrons. The lowest BCUT2D eigenvalue weighted by atomic mass is 9.94. The summed E-state index contributed by atoms with van der Waals surface area (Å²) in [5, 5.41) is 0. The molecule has 138 valence electrons. The third kappa shape index (κ3) is 3.93. The van der Waals surface area contributed by atoms with Crippen LogP contribution < -0.4 is 0 Å². The van der Waals surface area contributed by atoms with Crippen molar-refractivity contribution in [2.75, 3.05) is 26.7 Å².